The summed E-state index contributed by atoms with van der Waals surface area (Å²) in [6.45, 7) is 2.31. The molecule has 0 bridgehead atoms. The Morgan fingerprint density at radius 1 is 1.69 bits per heavy atom. The molecule has 2 heterocycles. The molecule has 0 spiro atoms. The van der Waals surface area contributed by atoms with Gasteiger partial charge < -0.3 is 10.6 Å². The zero-order chi connectivity index (χ0) is 11.5. The van der Waals surface area contributed by atoms with Crippen LogP contribution in [0.2, 0.25) is 0 Å². The van der Waals surface area contributed by atoms with E-state index >= 15 is 0 Å². The van der Waals surface area contributed by atoms with Crippen molar-refractivity contribution in [3.63, 3.8) is 0 Å². The van der Waals surface area contributed by atoms with Crippen LogP contribution in [0.5, 0.6) is 0 Å². The molecule has 1 atom stereocenters. The molecule has 1 fully saturated rings. The molecule has 2 rings (SSSR count). The molecule has 2 N–H and O–H groups in total. The van der Waals surface area contributed by atoms with Crippen molar-refractivity contribution in [2.24, 2.45) is 5.92 Å². The molecule has 1 aromatic rings. The second kappa shape index (κ2) is 4.61. The van der Waals surface area contributed by atoms with Gasteiger partial charge in [-0.25, -0.2) is 4.98 Å². The molecule has 2 amide bonds. The Hall–Kier alpha value is -1.43. The van der Waals surface area contributed by atoms with Gasteiger partial charge in [0.05, 0.1) is 11.6 Å². The molecule has 0 radical (unpaired) electrons. The minimum absolute atomic E-state index is 0.0224. The van der Waals surface area contributed by atoms with Crippen molar-refractivity contribution in [2.45, 2.75) is 19.8 Å². The van der Waals surface area contributed by atoms with E-state index in [4.69, 9.17) is 0 Å². The van der Waals surface area contributed by atoms with Crippen molar-refractivity contribution in [3.8, 4) is 0 Å². The number of hydrogen-bond donors (Lipinski definition) is 2. The fraction of sp³-hybridized carbons (Fsp3) is 0.500. The second-order valence-electron chi connectivity index (χ2n) is 3.82. The summed E-state index contributed by atoms with van der Waals surface area (Å²) in [6, 6.07) is 0. The number of carbonyl (C=O) groups excluding carboxylic acids is 2. The standard InChI is InChI=1S/C10H13N3O2S/c1-6-5-16-10(12-6)13-9(15)7-2-3-8(14)11-4-7/h5,7H,2-4H2,1H3,(H,11,14)(H,12,13,15)/t7-/m0/s1. The summed E-state index contributed by atoms with van der Waals surface area (Å²) in [5.74, 6) is -0.176. The van der Waals surface area contributed by atoms with E-state index in [-0.39, 0.29) is 17.7 Å². The van der Waals surface area contributed by atoms with Gasteiger partial charge in [-0.05, 0) is 13.3 Å². The normalized spacial score (nSPS) is 20.3. The molecule has 0 unspecified atom stereocenters. The Morgan fingerprint density at radius 2 is 2.50 bits per heavy atom. The summed E-state index contributed by atoms with van der Waals surface area (Å²) in [7, 11) is 0. The van der Waals surface area contributed by atoms with Gasteiger partial charge in [0.1, 0.15) is 0 Å². The lowest BCUT2D eigenvalue weighted by atomic mass is 9.98. The van der Waals surface area contributed by atoms with Crippen LogP contribution in [-0.2, 0) is 9.59 Å². The summed E-state index contributed by atoms with van der Waals surface area (Å²) in [5, 5.41) is 7.96. The summed E-state index contributed by atoms with van der Waals surface area (Å²) in [6.07, 6.45) is 1.04. The van der Waals surface area contributed by atoms with Crippen molar-refractivity contribution in [1.29, 1.82) is 0 Å². The number of carbonyl (C=O) groups is 2. The summed E-state index contributed by atoms with van der Waals surface area (Å²) in [4.78, 5) is 26.9. The van der Waals surface area contributed by atoms with Crippen LogP contribution in [-0.4, -0.2) is 23.3 Å². The van der Waals surface area contributed by atoms with Crippen LogP contribution >= 0.6 is 11.3 Å². The molecule has 6 heteroatoms. The molecule has 1 saturated heterocycles. The van der Waals surface area contributed by atoms with Crippen LogP contribution in [0, 0.1) is 12.8 Å². The van der Waals surface area contributed by atoms with Crippen molar-refractivity contribution in [3.05, 3.63) is 11.1 Å². The number of amides is 2. The number of piperidine rings is 1. The van der Waals surface area contributed by atoms with Gasteiger partial charge in [-0.2, -0.15) is 0 Å². The van der Waals surface area contributed by atoms with E-state index in [2.05, 4.69) is 15.6 Å². The number of hydrogen-bond acceptors (Lipinski definition) is 4. The summed E-state index contributed by atoms with van der Waals surface area (Å²) in [5.41, 5.74) is 0.900. The average molecular weight is 239 g/mol. The van der Waals surface area contributed by atoms with E-state index in [9.17, 15) is 9.59 Å². The van der Waals surface area contributed by atoms with Gasteiger partial charge in [0, 0.05) is 18.3 Å². The largest absolute Gasteiger partial charge is 0.355 e. The maximum absolute atomic E-state index is 11.8. The van der Waals surface area contributed by atoms with Crippen molar-refractivity contribution >= 4 is 28.3 Å². The van der Waals surface area contributed by atoms with E-state index in [0.717, 1.165) is 5.69 Å². The quantitative estimate of drug-likeness (QED) is 0.806. The molecule has 16 heavy (non-hydrogen) atoms. The molecule has 0 aromatic carbocycles. The molecule has 1 aromatic heterocycles. The van der Waals surface area contributed by atoms with Crippen LogP contribution in [0.25, 0.3) is 0 Å². The molecule has 0 saturated carbocycles. The van der Waals surface area contributed by atoms with Crippen LogP contribution in [0.3, 0.4) is 0 Å². The van der Waals surface area contributed by atoms with Gasteiger partial charge in [-0.3, -0.25) is 9.59 Å². The van der Waals surface area contributed by atoms with Crippen LogP contribution in [0.1, 0.15) is 18.5 Å². The first-order valence-corrected chi connectivity index (χ1v) is 6.03. The highest BCUT2D eigenvalue weighted by atomic mass is 32.1. The molecule has 1 aliphatic rings. The van der Waals surface area contributed by atoms with Crippen molar-refractivity contribution in [1.82, 2.24) is 10.3 Å². The maximum Gasteiger partial charge on any atom is 0.231 e. The molecule has 1 aliphatic heterocycles. The van der Waals surface area contributed by atoms with E-state index in [0.29, 0.717) is 24.5 Å². The Morgan fingerprint density at radius 3 is 3.06 bits per heavy atom. The van der Waals surface area contributed by atoms with Gasteiger partial charge in [0.25, 0.3) is 0 Å². The highest BCUT2D eigenvalue weighted by molar-refractivity contribution is 7.13. The number of nitrogens with zero attached hydrogens (tertiary/aromatic N) is 1. The van der Waals surface area contributed by atoms with E-state index in [1.54, 1.807) is 0 Å². The Balaban J connectivity index is 1.91. The van der Waals surface area contributed by atoms with E-state index < -0.39 is 0 Å². The SMILES string of the molecule is Cc1csc(NC(=O)[C@H]2CCC(=O)NC2)n1. The number of rotatable bonds is 2. The second-order valence-corrected chi connectivity index (χ2v) is 4.68. The minimum atomic E-state index is -0.137. The first-order valence-electron chi connectivity index (χ1n) is 5.15. The summed E-state index contributed by atoms with van der Waals surface area (Å²) >= 11 is 1.41. The minimum Gasteiger partial charge on any atom is -0.355 e. The molecular weight excluding hydrogens is 226 g/mol. The fourth-order valence-corrected chi connectivity index (χ4v) is 2.27. The highest BCUT2D eigenvalue weighted by Gasteiger charge is 2.24. The number of thiazole rings is 1. The Labute approximate surface area is 97.3 Å². The number of aryl methyl sites for hydroxylation is 1. The van der Waals surface area contributed by atoms with Crippen molar-refractivity contribution < 1.29 is 9.59 Å². The highest BCUT2D eigenvalue weighted by Crippen LogP contribution is 2.17. The first-order chi connectivity index (χ1) is 7.65. The predicted molar refractivity (Wildman–Crippen MR) is 61.2 cm³/mol. The number of aromatic nitrogens is 1. The smallest absolute Gasteiger partial charge is 0.231 e. The predicted octanol–water partition coefficient (Wildman–Crippen LogP) is 0.916. The third-order valence-electron chi connectivity index (χ3n) is 2.49. The van der Waals surface area contributed by atoms with E-state index in [1.807, 2.05) is 12.3 Å². The molecular formula is C10H13N3O2S. The van der Waals surface area contributed by atoms with Crippen LogP contribution in [0.4, 0.5) is 5.13 Å². The lowest BCUT2D eigenvalue weighted by Crippen LogP contribution is -2.40. The Kier molecular flexibility index (Phi) is 3.19. The lowest BCUT2D eigenvalue weighted by molar-refractivity contribution is -0.126. The third-order valence-corrected chi connectivity index (χ3v) is 3.36. The number of nitrogens with one attached hydrogen (secondary N) is 2. The molecule has 86 valence electrons. The topological polar surface area (TPSA) is 71.1 Å². The lowest BCUT2D eigenvalue weighted by Gasteiger charge is -2.20. The van der Waals surface area contributed by atoms with Gasteiger partial charge in [0.2, 0.25) is 11.8 Å². The average Bonchev–Trinajstić information content (AvgIpc) is 2.65. The Bertz CT molecular complexity index is 406. The molecule has 0 aliphatic carbocycles. The van der Waals surface area contributed by atoms with Crippen LogP contribution in [0.15, 0.2) is 5.38 Å². The van der Waals surface area contributed by atoms with Gasteiger partial charge in [0.15, 0.2) is 5.13 Å². The zero-order valence-electron chi connectivity index (χ0n) is 8.95. The van der Waals surface area contributed by atoms with Crippen molar-refractivity contribution in [2.75, 3.05) is 11.9 Å². The fourth-order valence-electron chi connectivity index (χ4n) is 1.58. The van der Waals surface area contributed by atoms with E-state index in [1.165, 1.54) is 11.3 Å². The van der Waals surface area contributed by atoms with Gasteiger partial charge in [-0.15, -0.1) is 11.3 Å². The van der Waals surface area contributed by atoms with Gasteiger partial charge in [-0.1, -0.05) is 0 Å². The van der Waals surface area contributed by atoms with Crippen LogP contribution < -0.4 is 10.6 Å². The monoisotopic (exact) mass is 239 g/mol. The van der Waals surface area contributed by atoms with Gasteiger partial charge >= 0.3 is 0 Å². The summed E-state index contributed by atoms with van der Waals surface area (Å²) < 4.78 is 0. The maximum atomic E-state index is 11.8. The molecule has 5 nitrogen and oxygen atoms in total. The number of anilines is 1. The third kappa shape index (κ3) is 2.57. The first kappa shape index (κ1) is 11.1. The zero-order valence-corrected chi connectivity index (χ0v) is 9.76.